The molecule has 2 aromatic rings. The zero-order chi connectivity index (χ0) is 15.2. The molecule has 0 radical (unpaired) electrons. The van der Waals surface area contributed by atoms with Gasteiger partial charge in [-0.2, -0.15) is 0 Å². The van der Waals surface area contributed by atoms with E-state index in [9.17, 15) is 9.59 Å². The second-order valence-electron chi connectivity index (χ2n) is 3.65. The number of methoxy groups -OCH3 is 1. The smallest absolute Gasteiger partial charge is 0.397 e. The number of nitrogens with zero attached hydrogens (tertiary/aromatic N) is 2. The van der Waals surface area contributed by atoms with Crippen molar-refractivity contribution in [3.63, 3.8) is 0 Å². The van der Waals surface area contributed by atoms with E-state index >= 15 is 0 Å². The maximum absolute atomic E-state index is 11.5. The summed E-state index contributed by atoms with van der Waals surface area (Å²) in [6.45, 7) is 0.126. The molecule has 2 heterocycles. The monoisotopic (exact) mass is 312 g/mol. The Bertz CT molecular complexity index is 638. The number of esters is 1. The standard InChI is InChI=1S/C11H12N4O5S/c1-18-8-4-7(20-15-8)6-5-21-11(13-6)14-9(16)10(17)19-3-2-12/h4-5H,2-3,12H2,1H3,(H,13,14,16). The van der Waals surface area contributed by atoms with E-state index in [2.05, 4.69) is 20.2 Å². The summed E-state index contributed by atoms with van der Waals surface area (Å²) >= 11 is 1.13. The average Bonchev–Trinajstić information content (AvgIpc) is 3.12. The predicted octanol–water partition coefficient (Wildman–Crippen LogP) is 0.247. The van der Waals surface area contributed by atoms with Crippen LogP contribution in [-0.4, -0.2) is 42.3 Å². The number of nitrogens with one attached hydrogen (secondary N) is 1. The third kappa shape index (κ3) is 3.77. The SMILES string of the molecule is COc1cc(-c2csc(NC(=O)C(=O)OCCN)n2)on1. The molecule has 2 aromatic heterocycles. The number of ether oxygens (including phenoxy) is 2. The molecule has 0 aliphatic heterocycles. The molecule has 0 spiro atoms. The van der Waals surface area contributed by atoms with Crippen molar-refractivity contribution in [3.05, 3.63) is 11.4 Å². The first-order valence-corrected chi connectivity index (χ1v) is 6.66. The van der Waals surface area contributed by atoms with Gasteiger partial charge in [-0.15, -0.1) is 11.3 Å². The van der Waals surface area contributed by atoms with Crippen LogP contribution >= 0.6 is 11.3 Å². The first-order chi connectivity index (χ1) is 10.1. The third-order valence-corrected chi connectivity index (χ3v) is 2.97. The lowest BCUT2D eigenvalue weighted by Gasteiger charge is -2.01. The lowest BCUT2D eigenvalue weighted by molar-refractivity contribution is -0.152. The minimum absolute atomic E-state index is 0.0206. The Kier molecular flexibility index (Phi) is 4.85. The van der Waals surface area contributed by atoms with Gasteiger partial charge in [0.15, 0.2) is 10.9 Å². The zero-order valence-corrected chi connectivity index (χ0v) is 11.8. The highest BCUT2D eigenvalue weighted by Crippen LogP contribution is 2.27. The maximum atomic E-state index is 11.5. The topological polar surface area (TPSA) is 130 Å². The molecule has 3 N–H and O–H groups in total. The molecule has 0 bridgehead atoms. The molecular formula is C11H12N4O5S. The lowest BCUT2D eigenvalue weighted by Crippen LogP contribution is -2.26. The van der Waals surface area contributed by atoms with Crippen molar-refractivity contribution in [3.8, 4) is 17.3 Å². The number of anilines is 1. The van der Waals surface area contributed by atoms with E-state index in [0.29, 0.717) is 17.3 Å². The van der Waals surface area contributed by atoms with E-state index in [4.69, 9.17) is 15.0 Å². The van der Waals surface area contributed by atoms with Crippen molar-refractivity contribution in [1.82, 2.24) is 10.1 Å². The fraction of sp³-hybridized carbons (Fsp3) is 0.273. The van der Waals surface area contributed by atoms with Crippen LogP contribution in [0, 0.1) is 0 Å². The highest BCUT2D eigenvalue weighted by atomic mass is 32.1. The van der Waals surface area contributed by atoms with Crippen LogP contribution in [0.1, 0.15) is 0 Å². The van der Waals surface area contributed by atoms with Crippen molar-refractivity contribution in [2.75, 3.05) is 25.6 Å². The molecule has 1 amide bonds. The second kappa shape index (κ2) is 6.81. The minimum Gasteiger partial charge on any atom is -0.479 e. The quantitative estimate of drug-likeness (QED) is 0.593. The van der Waals surface area contributed by atoms with Gasteiger partial charge in [-0.1, -0.05) is 0 Å². The van der Waals surface area contributed by atoms with Gasteiger partial charge < -0.3 is 19.7 Å². The van der Waals surface area contributed by atoms with Gasteiger partial charge in [0.2, 0.25) is 0 Å². The molecule has 112 valence electrons. The lowest BCUT2D eigenvalue weighted by atomic mass is 10.4. The number of amides is 1. The van der Waals surface area contributed by atoms with E-state index < -0.39 is 11.9 Å². The number of rotatable bonds is 5. The molecule has 0 saturated carbocycles. The first-order valence-electron chi connectivity index (χ1n) is 5.79. The Hall–Kier alpha value is -2.46. The number of carbonyl (C=O) groups excluding carboxylic acids is 2. The Balaban J connectivity index is 2.00. The Morgan fingerprint density at radius 1 is 1.52 bits per heavy atom. The van der Waals surface area contributed by atoms with E-state index in [0.717, 1.165) is 11.3 Å². The molecule has 0 unspecified atom stereocenters. The molecule has 0 aliphatic rings. The Morgan fingerprint density at radius 2 is 2.33 bits per heavy atom. The van der Waals surface area contributed by atoms with Crippen molar-refractivity contribution < 1.29 is 23.6 Å². The average molecular weight is 312 g/mol. The van der Waals surface area contributed by atoms with Crippen LogP contribution in [-0.2, 0) is 14.3 Å². The highest BCUT2D eigenvalue weighted by Gasteiger charge is 2.18. The summed E-state index contributed by atoms with van der Waals surface area (Å²) in [6.07, 6.45) is 0. The predicted molar refractivity (Wildman–Crippen MR) is 72.8 cm³/mol. The zero-order valence-electron chi connectivity index (χ0n) is 11.0. The third-order valence-electron chi connectivity index (χ3n) is 2.21. The summed E-state index contributed by atoms with van der Waals surface area (Å²) < 4.78 is 14.5. The van der Waals surface area contributed by atoms with Crippen LogP contribution in [0.15, 0.2) is 16.0 Å². The minimum atomic E-state index is -1.02. The van der Waals surface area contributed by atoms with Crippen LogP contribution in [0.25, 0.3) is 11.5 Å². The van der Waals surface area contributed by atoms with Gasteiger partial charge in [0, 0.05) is 11.9 Å². The number of hydrogen-bond acceptors (Lipinski definition) is 9. The first kappa shape index (κ1) is 14.9. The molecule has 0 fully saturated rings. The Labute approximate surface area is 123 Å². The summed E-state index contributed by atoms with van der Waals surface area (Å²) in [5.41, 5.74) is 5.62. The number of carbonyl (C=O) groups is 2. The van der Waals surface area contributed by atoms with Crippen molar-refractivity contribution in [2.45, 2.75) is 0 Å². The van der Waals surface area contributed by atoms with E-state index in [1.54, 1.807) is 11.4 Å². The van der Waals surface area contributed by atoms with Gasteiger partial charge in [0.25, 0.3) is 5.88 Å². The molecule has 0 aromatic carbocycles. The fourth-order valence-corrected chi connectivity index (χ4v) is 1.98. The molecular weight excluding hydrogens is 300 g/mol. The summed E-state index contributed by atoms with van der Waals surface area (Å²) in [5.74, 6) is -1.23. The van der Waals surface area contributed by atoms with Crippen molar-refractivity contribution >= 4 is 28.3 Å². The van der Waals surface area contributed by atoms with E-state index in [1.807, 2.05) is 0 Å². The summed E-state index contributed by atoms with van der Waals surface area (Å²) in [5, 5.41) is 7.83. The maximum Gasteiger partial charge on any atom is 0.397 e. The number of thiazole rings is 1. The summed E-state index contributed by atoms with van der Waals surface area (Å²) in [7, 11) is 1.46. The van der Waals surface area contributed by atoms with Gasteiger partial charge in [0.05, 0.1) is 13.2 Å². The fourth-order valence-electron chi connectivity index (χ4n) is 1.29. The second-order valence-corrected chi connectivity index (χ2v) is 4.51. The molecule has 10 heteroatoms. The molecule has 2 rings (SSSR count). The molecule has 0 aliphatic carbocycles. The number of aromatic nitrogens is 2. The van der Waals surface area contributed by atoms with Crippen LogP contribution in [0.2, 0.25) is 0 Å². The van der Waals surface area contributed by atoms with Crippen molar-refractivity contribution in [2.24, 2.45) is 5.73 Å². The summed E-state index contributed by atoms with van der Waals surface area (Å²) in [6, 6.07) is 1.55. The van der Waals surface area contributed by atoms with Gasteiger partial charge in [0.1, 0.15) is 12.3 Å². The highest BCUT2D eigenvalue weighted by molar-refractivity contribution is 7.14. The molecule has 9 nitrogen and oxygen atoms in total. The van der Waals surface area contributed by atoms with Gasteiger partial charge in [-0.3, -0.25) is 10.1 Å². The van der Waals surface area contributed by atoms with Crippen molar-refractivity contribution in [1.29, 1.82) is 0 Å². The molecule has 0 atom stereocenters. The summed E-state index contributed by atoms with van der Waals surface area (Å²) in [4.78, 5) is 26.9. The van der Waals surface area contributed by atoms with E-state index in [-0.39, 0.29) is 18.3 Å². The largest absolute Gasteiger partial charge is 0.479 e. The molecule has 21 heavy (non-hydrogen) atoms. The Morgan fingerprint density at radius 3 is 3.00 bits per heavy atom. The number of hydrogen-bond donors (Lipinski definition) is 2. The van der Waals surface area contributed by atoms with Crippen LogP contribution in [0.4, 0.5) is 5.13 Å². The van der Waals surface area contributed by atoms with Crippen LogP contribution in [0.5, 0.6) is 5.88 Å². The number of nitrogens with two attached hydrogens (primary N) is 1. The van der Waals surface area contributed by atoms with Gasteiger partial charge in [-0.25, -0.2) is 9.78 Å². The van der Waals surface area contributed by atoms with E-state index in [1.165, 1.54) is 7.11 Å². The normalized spacial score (nSPS) is 10.2. The van der Waals surface area contributed by atoms with Crippen LogP contribution < -0.4 is 15.8 Å². The van der Waals surface area contributed by atoms with Crippen LogP contribution in [0.3, 0.4) is 0 Å². The molecule has 0 saturated heterocycles. The van der Waals surface area contributed by atoms with Gasteiger partial charge in [-0.05, 0) is 5.16 Å². The van der Waals surface area contributed by atoms with Gasteiger partial charge >= 0.3 is 11.9 Å².